The molecule has 2 saturated carbocycles. The normalized spacial score (nSPS) is 29.9. The van der Waals surface area contributed by atoms with Crippen molar-refractivity contribution in [2.45, 2.75) is 70.4 Å². The second-order valence-corrected chi connectivity index (χ2v) is 7.69. The van der Waals surface area contributed by atoms with E-state index in [1.165, 1.54) is 56.1 Å². The maximum atomic E-state index is 12.4. The molecule has 4 atom stereocenters. The Labute approximate surface area is 138 Å². The number of fused-ring (bicyclic) bond motifs is 3. The van der Waals surface area contributed by atoms with Gasteiger partial charge in [0.1, 0.15) is 5.75 Å². The number of hydrogen-bond acceptors (Lipinski definition) is 2. The zero-order valence-corrected chi connectivity index (χ0v) is 14.0. The van der Waals surface area contributed by atoms with E-state index in [1.54, 1.807) is 0 Å². The first-order chi connectivity index (χ1) is 11.2. The number of carbonyl (C=O) groups is 1. The van der Waals surface area contributed by atoms with Crippen LogP contribution in [0.5, 0.6) is 5.75 Å². The van der Waals surface area contributed by atoms with Crippen LogP contribution in [-0.2, 0) is 17.6 Å². The molecule has 1 aromatic rings. The van der Waals surface area contributed by atoms with E-state index < -0.39 is 6.10 Å². The van der Waals surface area contributed by atoms with E-state index in [4.69, 9.17) is 4.74 Å². The van der Waals surface area contributed by atoms with Crippen molar-refractivity contribution in [2.75, 3.05) is 0 Å². The van der Waals surface area contributed by atoms with Gasteiger partial charge in [-0.15, -0.1) is 0 Å². The van der Waals surface area contributed by atoms with Crippen molar-refractivity contribution in [1.29, 1.82) is 0 Å². The number of aryl methyl sites for hydroxylation is 2. The topological polar surface area (TPSA) is 38.3 Å². The largest absolute Gasteiger partial charge is 0.481 e. The summed E-state index contributed by atoms with van der Waals surface area (Å²) in [6.07, 6.45) is 9.57. The fourth-order valence-electron chi connectivity index (χ4n) is 4.76. The summed E-state index contributed by atoms with van der Waals surface area (Å²) in [5.74, 6) is 2.43. The summed E-state index contributed by atoms with van der Waals surface area (Å²) < 4.78 is 5.92. The van der Waals surface area contributed by atoms with Crippen LogP contribution in [0.15, 0.2) is 18.2 Å². The monoisotopic (exact) mass is 313 g/mol. The summed E-state index contributed by atoms with van der Waals surface area (Å²) >= 11 is 0. The third kappa shape index (κ3) is 3.11. The van der Waals surface area contributed by atoms with Crippen LogP contribution in [0.25, 0.3) is 0 Å². The summed E-state index contributed by atoms with van der Waals surface area (Å²) in [4.78, 5) is 12.4. The highest BCUT2D eigenvalue weighted by molar-refractivity contribution is 5.81. The molecule has 1 N–H and O–H groups in total. The molecule has 124 valence electrons. The van der Waals surface area contributed by atoms with E-state index in [0.717, 1.165) is 18.1 Å². The summed E-state index contributed by atoms with van der Waals surface area (Å²) in [5, 5.41) is 3.23. The van der Waals surface area contributed by atoms with Gasteiger partial charge in [-0.1, -0.05) is 12.5 Å². The van der Waals surface area contributed by atoms with Gasteiger partial charge >= 0.3 is 0 Å². The molecule has 0 spiro atoms. The van der Waals surface area contributed by atoms with E-state index in [1.807, 2.05) is 13.0 Å². The second-order valence-electron chi connectivity index (χ2n) is 7.69. The molecule has 0 radical (unpaired) electrons. The van der Waals surface area contributed by atoms with Crippen molar-refractivity contribution in [3.8, 4) is 5.75 Å². The minimum atomic E-state index is -0.421. The van der Waals surface area contributed by atoms with Gasteiger partial charge in [0.15, 0.2) is 6.10 Å². The van der Waals surface area contributed by atoms with Crippen LogP contribution in [0.1, 0.15) is 56.6 Å². The number of hydrogen-bond donors (Lipinski definition) is 1. The Morgan fingerprint density at radius 1 is 1.17 bits per heavy atom. The molecular weight excluding hydrogens is 286 g/mol. The molecule has 23 heavy (non-hydrogen) atoms. The van der Waals surface area contributed by atoms with Crippen molar-refractivity contribution in [3.63, 3.8) is 0 Å². The highest BCUT2D eigenvalue weighted by Gasteiger charge is 2.40. The zero-order chi connectivity index (χ0) is 15.8. The lowest BCUT2D eigenvalue weighted by molar-refractivity contribution is -0.128. The Bertz CT molecular complexity index is 597. The van der Waals surface area contributed by atoms with E-state index in [0.29, 0.717) is 12.0 Å². The third-order valence-corrected chi connectivity index (χ3v) is 6.07. The van der Waals surface area contributed by atoms with Crippen LogP contribution >= 0.6 is 0 Å². The summed E-state index contributed by atoms with van der Waals surface area (Å²) in [6.45, 7) is 1.86. The Morgan fingerprint density at radius 2 is 2.00 bits per heavy atom. The van der Waals surface area contributed by atoms with Gasteiger partial charge < -0.3 is 10.1 Å². The number of ether oxygens (including phenoxy) is 1. The van der Waals surface area contributed by atoms with Crippen molar-refractivity contribution in [1.82, 2.24) is 5.32 Å². The van der Waals surface area contributed by atoms with Crippen LogP contribution < -0.4 is 10.1 Å². The lowest BCUT2D eigenvalue weighted by Gasteiger charge is -2.25. The van der Waals surface area contributed by atoms with Crippen LogP contribution in [0, 0.1) is 11.8 Å². The number of nitrogens with one attached hydrogen (secondary N) is 1. The lowest BCUT2D eigenvalue weighted by atomic mass is 9.92. The molecule has 3 heteroatoms. The number of benzene rings is 1. The van der Waals surface area contributed by atoms with Gasteiger partial charge in [0.05, 0.1) is 0 Å². The zero-order valence-electron chi connectivity index (χ0n) is 14.0. The van der Waals surface area contributed by atoms with Gasteiger partial charge in [0.25, 0.3) is 5.91 Å². The molecule has 1 aromatic carbocycles. The SMILES string of the molecule is C[C@@H](Oc1ccc2c(c1)CCCC2)C(=O)N[C@@H]1C[C@H]2CC[C@H]1C2. The van der Waals surface area contributed by atoms with Gasteiger partial charge in [-0.05, 0) is 87.0 Å². The highest BCUT2D eigenvalue weighted by Crippen LogP contribution is 2.44. The first-order valence-electron chi connectivity index (χ1n) is 9.28. The molecule has 0 heterocycles. The second kappa shape index (κ2) is 6.18. The minimum Gasteiger partial charge on any atom is -0.481 e. The number of rotatable bonds is 4. The molecule has 3 aliphatic carbocycles. The summed E-state index contributed by atoms with van der Waals surface area (Å²) in [5.41, 5.74) is 2.84. The van der Waals surface area contributed by atoms with E-state index in [2.05, 4.69) is 17.4 Å². The molecule has 1 amide bonds. The van der Waals surface area contributed by atoms with Gasteiger partial charge in [0.2, 0.25) is 0 Å². The van der Waals surface area contributed by atoms with E-state index in [9.17, 15) is 4.79 Å². The molecule has 0 aliphatic heterocycles. The summed E-state index contributed by atoms with van der Waals surface area (Å²) in [7, 11) is 0. The van der Waals surface area contributed by atoms with Crippen LogP contribution in [0.4, 0.5) is 0 Å². The maximum Gasteiger partial charge on any atom is 0.261 e. The number of amides is 1. The van der Waals surface area contributed by atoms with E-state index >= 15 is 0 Å². The molecule has 0 saturated heterocycles. The maximum absolute atomic E-state index is 12.4. The van der Waals surface area contributed by atoms with Gasteiger partial charge in [-0.25, -0.2) is 0 Å². The molecule has 2 bridgehead atoms. The van der Waals surface area contributed by atoms with Gasteiger partial charge in [-0.3, -0.25) is 4.79 Å². The van der Waals surface area contributed by atoms with Gasteiger partial charge in [-0.2, -0.15) is 0 Å². The molecule has 0 aromatic heterocycles. The summed E-state index contributed by atoms with van der Waals surface area (Å²) in [6, 6.07) is 6.71. The van der Waals surface area contributed by atoms with Crippen LogP contribution in [-0.4, -0.2) is 18.1 Å². The van der Waals surface area contributed by atoms with Gasteiger partial charge in [0, 0.05) is 6.04 Å². The number of carbonyl (C=O) groups excluding carboxylic acids is 1. The standard InChI is InChI=1S/C20H27NO2/c1-13(20(22)21-19-11-14-6-7-17(19)10-14)23-18-9-8-15-4-2-3-5-16(15)12-18/h8-9,12-14,17,19H,2-7,10-11H2,1H3,(H,21,22)/t13-,14+,17+,19-/m1/s1. The minimum absolute atomic E-state index is 0.0419. The fraction of sp³-hybridized carbons (Fsp3) is 0.650. The third-order valence-electron chi connectivity index (χ3n) is 6.07. The van der Waals surface area contributed by atoms with Crippen molar-refractivity contribution < 1.29 is 9.53 Å². The first-order valence-corrected chi connectivity index (χ1v) is 9.28. The molecule has 3 nitrogen and oxygen atoms in total. The molecule has 2 fully saturated rings. The predicted octanol–water partition coefficient (Wildman–Crippen LogP) is 3.64. The van der Waals surface area contributed by atoms with Crippen molar-refractivity contribution in [2.24, 2.45) is 11.8 Å². The smallest absolute Gasteiger partial charge is 0.261 e. The molecule has 3 aliphatic rings. The Balaban J connectivity index is 1.35. The average molecular weight is 313 g/mol. The Kier molecular flexibility index (Phi) is 4.04. The highest BCUT2D eigenvalue weighted by atomic mass is 16.5. The average Bonchev–Trinajstić information content (AvgIpc) is 3.17. The molecule has 4 rings (SSSR count). The molecule has 0 unspecified atom stereocenters. The first kappa shape index (κ1) is 15.0. The van der Waals surface area contributed by atoms with Crippen molar-refractivity contribution >= 4 is 5.91 Å². The Hall–Kier alpha value is -1.51. The Morgan fingerprint density at radius 3 is 2.74 bits per heavy atom. The predicted molar refractivity (Wildman–Crippen MR) is 90.6 cm³/mol. The van der Waals surface area contributed by atoms with Crippen LogP contribution in [0.2, 0.25) is 0 Å². The quantitative estimate of drug-likeness (QED) is 0.921. The molecular formula is C20H27NO2. The van der Waals surface area contributed by atoms with Crippen molar-refractivity contribution in [3.05, 3.63) is 29.3 Å². The van der Waals surface area contributed by atoms with E-state index in [-0.39, 0.29) is 5.91 Å². The lowest BCUT2D eigenvalue weighted by Crippen LogP contribution is -2.44. The van der Waals surface area contributed by atoms with Crippen LogP contribution in [0.3, 0.4) is 0 Å². The fourth-order valence-corrected chi connectivity index (χ4v) is 4.76.